The fourth-order valence-corrected chi connectivity index (χ4v) is 2.54. The van der Waals surface area contributed by atoms with E-state index in [0.717, 1.165) is 43.6 Å². The van der Waals surface area contributed by atoms with Crippen molar-refractivity contribution in [1.29, 1.82) is 0 Å². The summed E-state index contributed by atoms with van der Waals surface area (Å²) in [7, 11) is 1.65. The summed E-state index contributed by atoms with van der Waals surface area (Å²) in [5.74, 6) is 2.22. The van der Waals surface area contributed by atoms with E-state index in [1.807, 2.05) is 25.1 Å². The van der Waals surface area contributed by atoms with Crippen LogP contribution < -0.4 is 20.1 Å². The highest BCUT2D eigenvalue weighted by molar-refractivity contribution is 14.0. The second-order valence-electron chi connectivity index (χ2n) is 5.91. The van der Waals surface area contributed by atoms with Crippen LogP contribution >= 0.6 is 24.0 Å². The van der Waals surface area contributed by atoms with Gasteiger partial charge in [0.25, 0.3) is 0 Å². The molecule has 1 rings (SSSR count). The standard InChI is InChI=1S/C19H34N4O2.HI/c1-7-20-19(21-12-13-23(8-2)15(4)5)22-16-10-11-17(25-9-3)18(14-16)24-6;/h10-11,14-15H,7-9,12-13H2,1-6H3,(H2,20,21,22);1H. The average molecular weight is 478 g/mol. The van der Waals surface area contributed by atoms with Crippen LogP contribution in [0.1, 0.15) is 34.6 Å². The van der Waals surface area contributed by atoms with E-state index in [2.05, 4.69) is 48.2 Å². The number of rotatable bonds is 10. The minimum absolute atomic E-state index is 0. The number of anilines is 1. The smallest absolute Gasteiger partial charge is 0.195 e. The van der Waals surface area contributed by atoms with Gasteiger partial charge in [-0.25, -0.2) is 0 Å². The van der Waals surface area contributed by atoms with E-state index in [-0.39, 0.29) is 24.0 Å². The van der Waals surface area contributed by atoms with Gasteiger partial charge in [-0.1, -0.05) is 6.92 Å². The van der Waals surface area contributed by atoms with Crippen molar-refractivity contribution in [3.8, 4) is 11.5 Å². The summed E-state index contributed by atoms with van der Waals surface area (Å²) in [6.07, 6.45) is 0. The third kappa shape index (κ3) is 8.44. The number of nitrogens with zero attached hydrogens (tertiary/aromatic N) is 2. The predicted molar refractivity (Wildman–Crippen MR) is 122 cm³/mol. The molecule has 0 saturated heterocycles. The monoisotopic (exact) mass is 478 g/mol. The van der Waals surface area contributed by atoms with Crippen molar-refractivity contribution >= 4 is 35.6 Å². The number of benzene rings is 1. The molecule has 7 heteroatoms. The van der Waals surface area contributed by atoms with Crippen LogP contribution in [0.4, 0.5) is 5.69 Å². The van der Waals surface area contributed by atoms with Crippen LogP contribution in [0.5, 0.6) is 11.5 Å². The number of ether oxygens (including phenoxy) is 2. The Morgan fingerprint density at radius 2 is 1.92 bits per heavy atom. The fourth-order valence-electron chi connectivity index (χ4n) is 2.54. The van der Waals surface area contributed by atoms with Gasteiger partial charge >= 0.3 is 0 Å². The molecule has 0 bridgehead atoms. The van der Waals surface area contributed by atoms with Gasteiger partial charge in [-0.05, 0) is 46.4 Å². The Labute approximate surface area is 175 Å². The van der Waals surface area contributed by atoms with Gasteiger partial charge in [-0.3, -0.25) is 9.89 Å². The molecule has 150 valence electrons. The Hall–Kier alpha value is -1.22. The second-order valence-corrected chi connectivity index (χ2v) is 5.91. The number of hydrogen-bond donors (Lipinski definition) is 2. The fraction of sp³-hybridized carbons (Fsp3) is 0.632. The highest BCUT2D eigenvalue weighted by atomic mass is 127. The van der Waals surface area contributed by atoms with E-state index < -0.39 is 0 Å². The first-order valence-corrected chi connectivity index (χ1v) is 9.15. The molecule has 0 aliphatic heterocycles. The largest absolute Gasteiger partial charge is 0.493 e. The molecule has 0 radical (unpaired) electrons. The lowest BCUT2D eigenvalue weighted by Crippen LogP contribution is -2.35. The lowest BCUT2D eigenvalue weighted by atomic mass is 10.2. The zero-order valence-corrected chi connectivity index (χ0v) is 19.3. The maximum Gasteiger partial charge on any atom is 0.195 e. The Morgan fingerprint density at radius 1 is 1.19 bits per heavy atom. The van der Waals surface area contributed by atoms with E-state index in [1.165, 1.54) is 0 Å². The Balaban J connectivity index is 0.00000625. The van der Waals surface area contributed by atoms with Crippen LogP contribution in [-0.4, -0.2) is 56.8 Å². The first kappa shape index (κ1) is 24.8. The minimum atomic E-state index is 0. The predicted octanol–water partition coefficient (Wildman–Crippen LogP) is 3.82. The summed E-state index contributed by atoms with van der Waals surface area (Å²) in [6, 6.07) is 6.33. The molecule has 6 nitrogen and oxygen atoms in total. The Morgan fingerprint density at radius 3 is 2.46 bits per heavy atom. The molecule has 0 aliphatic rings. The summed E-state index contributed by atoms with van der Waals surface area (Å²) in [5.41, 5.74) is 0.913. The first-order valence-electron chi connectivity index (χ1n) is 9.15. The third-order valence-corrected chi connectivity index (χ3v) is 3.86. The molecule has 0 unspecified atom stereocenters. The zero-order chi connectivity index (χ0) is 18.7. The van der Waals surface area contributed by atoms with Gasteiger partial charge in [-0.15, -0.1) is 24.0 Å². The molecule has 0 heterocycles. The zero-order valence-electron chi connectivity index (χ0n) is 17.0. The molecule has 0 atom stereocenters. The molecule has 0 aliphatic carbocycles. The average Bonchev–Trinajstić information content (AvgIpc) is 2.59. The minimum Gasteiger partial charge on any atom is -0.493 e. The molecule has 1 aromatic carbocycles. The number of halogens is 1. The Kier molecular flexibility index (Phi) is 13.3. The molecular weight excluding hydrogens is 443 g/mol. The molecule has 0 aromatic heterocycles. The SMILES string of the molecule is CCNC(=NCCN(CC)C(C)C)Nc1ccc(OCC)c(OC)c1.I. The third-order valence-electron chi connectivity index (χ3n) is 3.86. The number of guanidine groups is 1. The summed E-state index contributed by atoms with van der Waals surface area (Å²) in [5, 5.41) is 6.61. The van der Waals surface area contributed by atoms with Gasteiger partial charge in [0.1, 0.15) is 0 Å². The maximum absolute atomic E-state index is 5.56. The van der Waals surface area contributed by atoms with E-state index in [9.17, 15) is 0 Å². The van der Waals surface area contributed by atoms with Crippen molar-refractivity contribution < 1.29 is 9.47 Å². The maximum atomic E-state index is 5.56. The molecule has 0 saturated carbocycles. The van der Waals surface area contributed by atoms with Gasteiger partial charge in [0.05, 0.1) is 20.3 Å². The number of methoxy groups -OCH3 is 1. The van der Waals surface area contributed by atoms with E-state index in [0.29, 0.717) is 18.4 Å². The second kappa shape index (κ2) is 13.9. The van der Waals surface area contributed by atoms with Gasteiger partial charge in [0, 0.05) is 30.9 Å². The van der Waals surface area contributed by atoms with E-state index in [4.69, 9.17) is 9.47 Å². The number of nitrogens with one attached hydrogen (secondary N) is 2. The number of aliphatic imine (C=N–C) groups is 1. The summed E-state index contributed by atoms with van der Waals surface area (Å²) < 4.78 is 11.0. The number of likely N-dealkylation sites (N-methyl/N-ethyl adjacent to an activating group) is 1. The first-order chi connectivity index (χ1) is 12.0. The van der Waals surface area contributed by atoms with Crippen molar-refractivity contribution in [2.75, 3.05) is 45.2 Å². The van der Waals surface area contributed by atoms with Gasteiger partial charge in [-0.2, -0.15) is 0 Å². The van der Waals surface area contributed by atoms with Crippen LogP contribution in [0.25, 0.3) is 0 Å². The molecule has 0 spiro atoms. The van der Waals surface area contributed by atoms with Crippen LogP contribution in [0.15, 0.2) is 23.2 Å². The topological polar surface area (TPSA) is 58.1 Å². The van der Waals surface area contributed by atoms with E-state index >= 15 is 0 Å². The van der Waals surface area contributed by atoms with Crippen LogP contribution in [-0.2, 0) is 0 Å². The summed E-state index contributed by atoms with van der Waals surface area (Å²) in [4.78, 5) is 7.07. The molecule has 2 N–H and O–H groups in total. The molecular formula is C19H35IN4O2. The van der Waals surface area contributed by atoms with Crippen molar-refractivity contribution in [2.24, 2.45) is 4.99 Å². The number of hydrogen-bond acceptors (Lipinski definition) is 4. The van der Waals surface area contributed by atoms with Crippen LogP contribution in [0.3, 0.4) is 0 Å². The van der Waals surface area contributed by atoms with Gasteiger partial charge in [0.15, 0.2) is 17.5 Å². The summed E-state index contributed by atoms with van der Waals surface area (Å²) in [6.45, 7) is 14.8. The highest BCUT2D eigenvalue weighted by Gasteiger charge is 2.08. The quantitative estimate of drug-likeness (QED) is 0.304. The van der Waals surface area contributed by atoms with Crippen molar-refractivity contribution in [1.82, 2.24) is 10.2 Å². The lowest BCUT2D eigenvalue weighted by molar-refractivity contribution is 0.241. The van der Waals surface area contributed by atoms with Crippen molar-refractivity contribution in [2.45, 2.75) is 40.7 Å². The van der Waals surface area contributed by atoms with Gasteiger partial charge < -0.3 is 20.1 Å². The lowest BCUT2D eigenvalue weighted by Gasteiger charge is -2.23. The Bertz CT molecular complexity index is 538. The van der Waals surface area contributed by atoms with Crippen molar-refractivity contribution in [3.05, 3.63) is 18.2 Å². The summed E-state index contributed by atoms with van der Waals surface area (Å²) >= 11 is 0. The molecule has 26 heavy (non-hydrogen) atoms. The van der Waals surface area contributed by atoms with E-state index in [1.54, 1.807) is 7.11 Å². The molecule has 1 aromatic rings. The van der Waals surface area contributed by atoms with Crippen LogP contribution in [0.2, 0.25) is 0 Å². The molecule has 0 fully saturated rings. The van der Waals surface area contributed by atoms with Gasteiger partial charge in [0.2, 0.25) is 0 Å². The highest BCUT2D eigenvalue weighted by Crippen LogP contribution is 2.30. The van der Waals surface area contributed by atoms with Crippen molar-refractivity contribution in [3.63, 3.8) is 0 Å². The molecule has 0 amide bonds. The van der Waals surface area contributed by atoms with Crippen LogP contribution in [0, 0.1) is 0 Å². The normalized spacial score (nSPS) is 11.3.